The van der Waals surface area contributed by atoms with Crippen molar-refractivity contribution < 1.29 is 9.53 Å². The summed E-state index contributed by atoms with van der Waals surface area (Å²) in [4.78, 5) is 20.6. The van der Waals surface area contributed by atoms with Gasteiger partial charge < -0.3 is 15.0 Å². The fourth-order valence-electron chi connectivity index (χ4n) is 3.70. The van der Waals surface area contributed by atoms with Crippen LogP contribution in [-0.4, -0.2) is 21.0 Å². The lowest BCUT2D eigenvalue weighted by Gasteiger charge is -2.12. The molecule has 0 saturated carbocycles. The van der Waals surface area contributed by atoms with E-state index in [1.165, 1.54) is 0 Å². The first-order valence-electron chi connectivity index (χ1n) is 11.4. The van der Waals surface area contributed by atoms with Crippen LogP contribution < -0.4 is 15.4 Å². The maximum absolute atomic E-state index is 12.7. The molecule has 0 aliphatic rings. The fraction of sp³-hybridized carbons (Fsp3) is 0.0357. The maximum Gasteiger partial charge on any atom is 0.257 e. The first kappa shape index (κ1) is 26.0. The number of H-pyrrole nitrogens is 1. The van der Waals surface area contributed by atoms with Gasteiger partial charge in [-0.15, -0.1) is 0 Å². The van der Waals surface area contributed by atoms with Gasteiger partial charge in [-0.05, 0) is 78.9 Å². The molecule has 1 amide bonds. The number of hydrogen-bond donors (Lipinski definition) is 3. The molecule has 6 nitrogen and oxygen atoms in total. The lowest BCUT2D eigenvalue weighted by Crippen LogP contribution is -2.34. The predicted molar refractivity (Wildman–Crippen MR) is 157 cm³/mol. The Kier molecular flexibility index (Phi) is 7.81. The van der Waals surface area contributed by atoms with Gasteiger partial charge >= 0.3 is 0 Å². The number of carbonyl (C=O) groups excluding carboxylic acids is 1. The number of nitrogens with one attached hydrogen (secondary N) is 3. The van der Waals surface area contributed by atoms with E-state index in [2.05, 4.69) is 20.6 Å². The molecule has 0 fully saturated rings. The Balaban J connectivity index is 1.20. The third-order valence-corrected chi connectivity index (χ3v) is 6.74. The molecule has 0 aliphatic heterocycles. The Bertz CT molecular complexity index is 1620. The molecule has 0 radical (unpaired) electrons. The molecule has 4 aromatic carbocycles. The number of anilines is 1. The van der Waals surface area contributed by atoms with Crippen LogP contribution in [0.2, 0.25) is 15.1 Å². The number of para-hydroxylation sites is 2. The Labute approximate surface area is 238 Å². The highest BCUT2D eigenvalue weighted by atomic mass is 35.5. The lowest BCUT2D eigenvalue weighted by atomic mass is 10.2. The van der Waals surface area contributed by atoms with Crippen molar-refractivity contribution in [3.05, 3.63) is 111 Å². The normalized spacial score (nSPS) is 10.8. The number of aromatic amines is 1. The van der Waals surface area contributed by atoms with Crippen molar-refractivity contribution in [2.24, 2.45) is 0 Å². The van der Waals surface area contributed by atoms with E-state index in [9.17, 15) is 4.79 Å². The highest BCUT2D eigenvalue weighted by Crippen LogP contribution is 2.30. The summed E-state index contributed by atoms with van der Waals surface area (Å²) in [5.74, 6) is 0.865. The van der Waals surface area contributed by atoms with Gasteiger partial charge in [-0.25, -0.2) is 4.98 Å². The molecular weight excluding hydrogens is 563 g/mol. The summed E-state index contributed by atoms with van der Waals surface area (Å²) < 4.78 is 5.77. The molecule has 1 heterocycles. The minimum absolute atomic E-state index is 0.144. The number of halogens is 3. The van der Waals surface area contributed by atoms with Gasteiger partial charge in [0.2, 0.25) is 0 Å². The molecule has 1 aromatic heterocycles. The van der Waals surface area contributed by atoms with Crippen molar-refractivity contribution in [1.82, 2.24) is 15.3 Å². The zero-order chi connectivity index (χ0) is 26.6. The standard InChI is InChI=1S/C28H19Cl3N4O2S/c29-18-8-5-17(23(31)13-18)15-37-20-10-6-16(7-11-20)27(36)35-28(38)32-19-9-12-22(30)21(14-19)26-33-24-3-1-2-4-25(24)34-26/h1-14H,15H2,(H,33,34)(H2,32,35,36,38). The maximum atomic E-state index is 12.7. The summed E-state index contributed by atoms with van der Waals surface area (Å²) in [6.45, 7) is 0.270. The first-order valence-corrected chi connectivity index (χ1v) is 12.9. The molecule has 0 aliphatic carbocycles. The smallest absolute Gasteiger partial charge is 0.257 e. The topological polar surface area (TPSA) is 79.0 Å². The van der Waals surface area contributed by atoms with E-state index in [4.69, 9.17) is 51.8 Å². The van der Waals surface area contributed by atoms with Crippen molar-refractivity contribution in [2.45, 2.75) is 6.61 Å². The average molecular weight is 582 g/mol. The molecule has 0 saturated heterocycles. The minimum Gasteiger partial charge on any atom is -0.489 e. The SMILES string of the molecule is O=C(NC(=S)Nc1ccc(Cl)c(-c2nc3ccccc3[nH]2)c1)c1ccc(OCc2ccc(Cl)cc2Cl)cc1. The van der Waals surface area contributed by atoms with Crippen LogP contribution in [0.25, 0.3) is 22.4 Å². The van der Waals surface area contributed by atoms with Gasteiger partial charge in [0, 0.05) is 32.4 Å². The Morgan fingerprint density at radius 1 is 0.921 bits per heavy atom. The monoisotopic (exact) mass is 580 g/mol. The molecule has 0 unspecified atom stereocenters. The molecule has 3 N–H and O–H groups in total. The second-order valence-electron chi connectivity index (χ2n) is 8.25. The summed E-state index contributed by atoms with van der Waals surface area (Å²) in [5, 5.41) is 7.47. The van der Waals surface area contributed by atoms with Gasteiger partial charge in [-0.1, -0.05) is 53.0 Å². The van der Waals surface area contributed by atoms with Crippen LogP contribution in [0.15, 0.2) is 84.9 Å². The van der Waals surface area contributed by atoms with Crippen LogP contribution in [0.1, 0.15) is 15.9 Å². The Morgan fingerprint density at radius 3 is 2.47 bits per heavy atom. The van der Waals surface area contributed by atoms with E-state index in [1.54, 1.807) is 54.6 Å². The third-order valence-electron chi connectivity index (χ3n) is 5.62. The van der Waals surface area contributed by atoms with Gasteiger partial charge in [0.15, 0.2) is 5.11 Å². The third kappa shape index (κ3) is 6.09. The highest BCUT2D eigenvalue weighted by Gasteiger charge is 2.13. The van der Waals surface area contributed by atoms with Crippen molar-refractivity contribution in [2.75, 3.05) is 5.32 Å². The fourth-order valence-corrected chi connectivity index (χ4v) is 4.59. The van der Waals surface area contributed by atoms with Gasteiger partial charge in [0.1, 0.15) is 18.2 Å². The highest BCUT2D eigenvalue weighted by molar-refractivity contribution is 7.80. The van der Waals surface area contributed by atoms with Crippen molar-refractivity contribution in [3.8, 4) is 17.1 Å². The number of hydrogen-bond acceptors (Lipinski definition) is 4. The van der Waals surface area contributed by atoms with Crippen molar-refractivity contribution >= 4 is 74.8 Å². The first-order chi connectivity index (χ1) is 18.4. The summed E-state index contributed by atoms with van der Waals surface area (Å²) in [5.41, 5.74) is 4.33. The molecule has 0 bridgehead atoms. The number of ether oxygens (including phenoxy) is 1. The molecule has 5 rings (SSSR count). The van der Waals surface area contributed by atoms with Crippen LogP contribution in [-0.2, 0) is 6.61 Å². The number of benzene rings is 4. The van der Waals surface area contributed by atoms with Gasteiger partial charge in [-0.2, -0.15) is 0 Å². The number of imidazole rings is 1. The number of thiocarbonyl (C=S) groups is 1. The lowest BCUT2D eigenvalue weighted by molar-refractivity contribution is 0.0977. The van der Waals surface area contributed by atoms with Gasteiger partial charge in [0.05, 0.1) is 16.1 Å². The molecular formula is C28H19Cl3N4O2S. The number of nitrogens with zero attached hydrogens (tertiary/aromatic N) is 1. The molecule has 38 heavy (non-hydrogen) atoms. The summed E-state index contributed by atoms with van der Waals surface area (Å²) in [6, 6.07) is 25.0. The Hall–Kier alpha value is -3.62. The average Bonchev–Trinajstić information content (AvgIpc) is 3.34. The summed E-state index contributed by atoms with van der Waals surface area (Å²) >= 11 is 23.9. The van der Waals surface area contributed by atoms with Crippen LogP contribution in [0.4, 0.5) is 5.69 Å². The van der Waals surface area contributed by atoms with Crippen LogP contribution in [0.5, 0.6) is 5.75 Å². The van der Waals surface area contributed by atoms with Crippen LogP contribution in [0, 0.1) is 0 Å². The minimum atomic E-state index is -0.360. The number of rotatable bonds is 6. The van der Waals surface area contributed by atoms with Crippen molar-refractivity contribution in [1.29, 1.82) is 0 Å². The number of aromatic nitrogens is 2. The number of fused-ring (bicyclic) bond motifs is 1. The summed E-state index contributed by atoms with van der Waals surface area (Å²) in [7, 11) is 0. The summed E-state index contributed by atoms with van der Waals surface area (Å²) in [6.07, 6.45) is 0. The molecule has 0 spiro atoms. The van der Waals surface area contributed by atoms with E-state index in [-0.39, 0.29) is 17.6 Å². The van der Waals surface area contributed by atoms with Gasteiger partial charge in [-0.3, -0.25) is 10.1 Å². The largest absolute Gasteiger partial charge is 0.489 e. The number of carbonyl (C=O) groups is 1. The van der Waals surface area contributed by atoms with Crippen LogP contribution in [0.3, 0.4) is 0 Å². The van der Waals surface area contributed by atoms with Gasteiger partial charge in [0.25, 0.3) is 5.91 Å². The van der Waals surface area contributed by atoms with E-state index >= 15 is 0 Å². The zero-order valence-electron chi connectivity index (χ0n) is 19.6. The Morgan fingerprint density at radius 2 is 1.71 bits per heavy atom. The van der Waals surface area contributed by atoms with E-state index in [0.29, 0.717) is 43.5 Å². The molecule has 5 aromatic rings. The molecule has 190 valence electrons. The second-order valence-corrected chi connectivity index (χ2v) is 9.91. The zero-order valence-corrected chi connectivity index (χ0v) is 22.7. The van der Waals surface area contributed by atoms with E-state index in [0.717, 1.165) is 16.6 Å². The predicted octanol–water partition coefficient (Wildman–Crippen LogP) is 7.90. The van der Waals surface area contributed by atoms with Crippen LogP contribution >= 0.6 is 47.0 Å². The van der Waals surface area contributed by atoms with E-state index < -0.39 is 0 Å². The van der Waals surface area contributed by atoms with E-state index in [1.807, 2.05) is 30.3 Å². The number of amides is 1. The quantitative estimate of drug-likeness (QED) is 0.178. The molecule has 10 heteroatoms. The second kappa shape index (κ2) is 11.4. The van der Waals surface area contributed by atoms with Crippen molar-refractivity contribution in [3.63, 3.8) is 0 Å². The molecule has 0 atom stereocenters.